The third-order valence-electron chi connectivity index (χ3n) is 1.56. The largest absolute Gasteiger partial charge is 0.271 e. The lowest BCUT2D eigenvalue weighted by molar-refractivity contribution is 0.456. The number of hydrazine groups is 1. The molecule has 0 heterocycles. The third-order valence-corrected chi connectivity index (χ3v) is 1.56. The average Bonchev–Trinajstić information content (AvgIpc) is 1.83. The molecule has 0 spiro atoms. The summed E-state index contributed by atoms with van der Waals surface area (Å²) < 4.78 is 0. The van der Waals surface area contributed by atoms with Crippen molar-refractivity contribution in [3.63, 3.8) is 0 Å². The van der Waals surface area contributed by atoms with E-state index in [1.807, 2.05) is 0 Å². The van der Waals surface area contributed by atoms with Crippen molar-refractivity contribution in [3.8, 4) is 0 Å². The van der Waals surface area contributed by atoms with Crippen molar-refractivity contribution in [3.05, 3.63) is 0 Å². The van der Waals surface area contributed by atoms with E-state index in [9.17, 15) is 0 Å². The molecule has 0 atom stereocenters. The van der Waals surface area contributed by atoms with Crippen LogP contribution in [0.5, 0.6) is 0 Å². The van der Waals surface area contributed by atoms with Crippen LogP contribution in [0.1, 0.15) is 26.7 Å². The maximum Gasteiger partial charge on any atom is 0.0126 e. The van der Waals surface area contributed by atoms with Gasteiger partial charge in [0, 0.05) is 6.54 Å². The van der Waals surface area contributed by atoms with Gasteiger partial charge in [0.25, 0.3) is 0 Å². The Kier molecular flexibility index (Phi) is 5.01. The van der Waals surface area contributed by atoms with Crippen molar-refractivity contribution in [2.45, 2.75) is 26.7 Å². The minimum Gasteiger partial charge on any atom is -0.271 e. The second-order valence-electron chi connectivity index (χ2n) is 2.09. The van der Waals surface area contributed by atoms with Crippen LogP contribution in [-0.2, 0) is 0 Å². The minimum absolute atomic E-state index is 0.764. The van der Waals surface area contributed by atoms with E-state index in [4.69, 9.17) is 5.84 Å². The molecular weight excluding hydrogens is 100 g/mol. The first kappa shape index (κ1) is 7.92. The Morgan fingerprint density at radius 3 is 2.00 bits per heavy atom. The van der Waals surface area contributed by atoms with E-state index in [1.54, 1.807) is 0 Å². The van der Waals surface area contributed by atoms with Gasteiger partial charge in [-0.2, -0.15) is 0 Å². The van der Waals surface area contributed by atoms with Crippen LogP contribution in [0.15, 0.2) is 0 Å². The van der Waals surface area contributed by atoms with Crippen molar-refractivity contribution >= 4 is 0 Å². The summed E-state index contributed by atoms with van der Waals surface area (Å²) in [5.41, 5.74) is 2.67. The van der Waals surface area contributed by atoms with Crippen LogP contribution >= 0.6 is 0 Å². The van der Waals surface area contributed by atoms with Gasteiger partial charge in [-0.25, -0.2) is 0 Å². The molecule has 0 rings (SSSR count). The first-order chi connectivity index (χ1) is 3.85. The Morgan fingerprint density at radius 1 is 1.38 bits per heavy atom. The van der Waals surface area contributed by atoms with Crippen LogP contribution in [-0.4, -0.2) is 6.54 Å². The first-order valence-electron chi connectivity index (χ1n) is 3.28. The van der Waals surface area contributed by atoms with Crippen molar-refractivity contribution in [2.75, 3.05) is 6.54 Å². The van der Waals surface area contributed by atoms with Crippen molar-refractivity contribution in [1.29, 1.82) is 0 Å². The average molecular weight is 116 g/mol. The zero-order chi connectivity index (χ0) is 6.41. The molecule has 3 N–H and O–H groups in total. The highest BCUT2D eigenvalue weighted by Crippen LogP contribution is 2.03. The second kappa shape index (κ2) is 5.06. The first-order valence-corrected chi connectivity index (χ1v) is 3.28. The van der Waals surface area contributed by atoms with Gasteiger partial charge < -0.3 is 0 Å². The van der Waals surface area contributed by atoms with Gasteiger partial charge in [0.05, 0.1) is 0 Å². The molecule has 0 aromatic rings. The predicted octanol–water partition coefficient (Wildman–Crippen LogP) is 0.886. The standard InChI is InChI=1S/C6H16N2/c1-3-6(4-2)5-8-7/h6,8H,3-5,7H2,1-2H3. The van der Waals surface area contributed by atoms with Gasteiger partial charge in [0.1, 0.15) is 0 Å². The van der Waals surface area contributed by atoms with Crippen LogP contribution < -0.4 is 11.3 Å². The molecule has 0 saturated carbocycles. The Labute approximate surface area is 51.4 Å². The lowest BCUT2D eigenvalue weighted by atomic mass is 10.0. The molecule has 0 radical (unpaired) electrons. The number of nitrogens with two attached hydrogens (primary N) is 1. The van der Waals surface area contributed by atoms with E-state index in [1.165, 1.54) is 12.8 Å². The Balaban J connectivity index is 3.07. The quantitative estimate of drug-likeness (QED) is 0.423. The summed E-state index contributed by atoms with van der Waals surface area (Å²) >= 11 is 0. The SMILES string of the molecule is CCC(CC)CNN. The van der Waals surface area contributed by atoms with Crippen molar-refractivity contribution in [2.24, 2.45) is 11.8 Å². The van der Waals surface area contributed by atoms with E-state index in [2.05, 4.69) is 19.3 Å². The maximum absolute atomic E-state index is 5.13. The molecule has 0 amide bonds. The fourth-order valence-corrected chi connectivity index (χ4v) is 0.744. The lowest BCUT2D eigenvalue weighted by Crippen LogP contribution is -2.28. The molecule has 0 aliphatic heterocycles. The minimum atomic E-state index is 0.764. The number of hydrogen-bond acceptors (Lipinski definition) is 2. The highest BCUT2D eigenvalue weighted by atomic mass is 15.2. The topological polar surface area (TPSA) is 38.0 Å². The zero-order valence-electron chi connectivity index (χ0n) is 5.78. The zero-order valence-corrected chi connectivity index (χ0v) is 5.78. The van der Waals surface area contributed by atoms with Gasteiger partial charge in [-0.15, -0.1) is 0 Å². The Hall–Kier alpha value is -0.0800. The van der Waals surface area contributed by atoms with Crippen LogP contribution in [0, 0.1) is 5.92 Å². The molecular formula is C6H16N2. The second-order valence-corrected chi connectivity index (χ2v) is 2.09. The van der Waals surface area contributed by atoms with Crippen molar-refractivity contribution in [1.82, 2.24) is 5.43 Å². The highest BCUT2D eigenvalue weighted by molar-refractivity contribution is 4.53. The summed E-state index contributed by atoms with van der Waals surface area (Å²) in [6.07, 6.45) is 2.45. The molecule has 8 heavy (non-hydrogen) atoms. The predicted molar refractivity (Wildman–Crippen MR) is 36.3 cm³/mol. The van der Waals surface area contributed by atoms with Gasteiger partial charge in [-0.05, 0) is 5.92 Å². The molecule has 0 fully saturated rings. The van der Waals surface area contributed by atoms with Crippen LogP contribution in [0.2, 0.25) is 0 Å². The van der Waals surface area contributed by atoms with Gasteiger partial charge >= 0.3 is 0 Å². The van der Waals surface area contributed by atoms with Crippen LogP contribution in [0.25, 0.3) is 0 Å². The van der Waals surface area contributed by atoms with Crippen LogP contribution in [0.4, 0.5) is 0 Å². The fraction of sp³-hybridized carbons (Fsp3) is 1.00. The van der Waals surface area contributed by atoms with Gasteiger partial charge in [-0.1, -0.05) is 26.7 Å². The molecule has 0 aliphatic carbocycles. The molecule has 0 aromatic carbocycles. The van der Waals surface area contributed by atoms with Crippen molar-refractivity contribution < 1.29 is 0 Å². The van der Waals surface area contributed by atoms with Gasteiger partial charge in [0.2, 0.25) is 0 Å². The van der Waals surface area contributed by atoms with E-state index in [-0.39, 0.29) is 0 Å². The molecule has 50 valence electrons. The molecule has 0 aliphatic rings. The highest BCUT2D eigenvalue weighted by Gasteiger charge is 1.98. The number of rotatable bonds is 4. The monoisotopic (exact) mass is 116 g/mol. The van der Waals surface area contributed by atoms with Gasteiger partial charge in [0.15, 0.2) is 0 Å². The normalized spacial score (nSPS) is 10.5. The number of nitrogens with one attached hydrogen (secondary N) is 1. The molecule has 0 bridgehead atoms. The third kappa shape index (κ3) is 2.99. The van der Waals surface area contributed by atoms with Crippen LogP contribution in [0.3, 0.4) is 0 Å². The fourth-order valence-electron chi connectivity index (χ4n) is 0.744. The summed E-state index contributed by atoms with van der Waals surface area (Å²) in [6.45, 7) is 5.32. The Morgan fingerprint density at radius 2 is 1.88 bits per heavy atom. The summed E-state index contributed by atoms with van der Waals surface area (Å²) in [5.74, 6) is 5.89. The summed E-state index contributed by atoms with van der Waals surface area (Å²) in [7, 11) is 0. The summed E-state index contributed by atoms with van der Waals surface area (Å²) in [4.78, 5) is 0. The maximum atomic E-state index is 5.13. The van der Waals surface area contributed by atoms with E-state index >= 15 is 0 Å². The smallest absolute Gasteiger partial charge is 0.0126 e. The Bertz CT molecular complexity index is 41.8. The number of hydrogen-bond donors (Lipinski definition) is 2. The van der Waals surface area contributed by atoms with E-state index in [0.29, 0.717) is 0 Å². The molecule has 2 heteroatoms. The van der Waals surface area contributed by atoms with E-state index < -0.39 is 0 Å². The summed E-state index contributed by atoms with van der Waals surface area (Å²) in [5, 5.41) is 0. The summed E-state index contributed by atoms with van der Waals surface area (Å²) in [6, 6.07) is 0. The lowest BCUT2D eigenvalue weighted by Gasteiger charge is -2.09. The molecule has 2 nitrogen and oxygen atoms in total. The molecule has 0 aromatic heterocycles. The molecule has 0 saturated heterocycles. The molecule has 0 unspecified atom stereocenters. The van der Waals surface area contributed by atoms with Gasteiger partial charge in [-0.3, -0.25) is 11.3 Å². The van der Waals surface area contributed by atoms with E-state index in [0.717, 1.165) is 12.5 Å².